The lowest BCUT2D eigenvalue weighted by Crippen LogP contribution is -2.45. The van der Waals surface area contributed by atoms with Gasteiger partial charge in [0.15, 0.2) is 0 Å². The third-order valence-electron chi connectivity index (χ3n) is 4.27. The monoisotopic (exact) mass is 288 g/mol. The van der Waals surface area contributed by atoms with E-state index in [-0.39, 0.29) is 5.92 Å². The number of fused-ring (bicyclic) bond motifs is 1. The molecule has 1 fully saturated rings. The molecule has 4 heteroatoms. The molecule has 0 radical (unpaired) electrons. The molecule has 1 aliphatic heterocycles. The first-order valence-electron chi connectivity index (χ1n) is 7.47. The fraction of sp³-hybridized carbons (Fsp3) is 0.222. The van der Waals surface area contributed by atoms with Crippen molar-refractivity contribution in [3.8, 4) is 17.2 Å². The fourth-order valence-electron chi connectivity index (χ4n) is 3.04. The number of nitriles is 1. The van der Waals surface area contributed by atoms with Crippen molar-refractivity contribution in [1.29, 1.82) is 5.26 Å². The van der Waals surface area contributed by atoms with E-state index in [1.165, 1.54) is 16.7 Å². The molecule has 2 aromatic heterocycles. The van der Waals surface area contributed by atoms with Crippen molar-refractivity contribution in [2.75, 3.05) is 13.1 Å². The van der Waals surface area contributed by atoms with Gasteiger partial charge in [-0.2, -0.15) is 5.26 Å². The van der Waals surface area contributed by atoms with Crippen molar-refractivity contribution in [2.24, 2.45) is 5.92 Å². The molecule has 1 aromatic carbocycles. The summed E-state index contributed by atoms with van der Waals surface area (Å²) in [5.41, 5.74) is 4.62. The summed E-state index contributed by atoms with van der Waals surface area (Å²) < 4.78 is 0. The minimum Gasteiger partial charge on any atom is -0.346 e. The van der Waals surface area contributed by atoms with Crippen LogP contribution in [0.15, 0.2) is 48.8 Å². The summed E-state index contributed by atoms with van der Waals surface area (Å²) in [6.45, 7) is 2.72. The van der Waals surface area contributed by atoms with Crippen molar-refractivity contribution in [2.45, 2.75) is 6.54 Å². The molecule has 4 rings (SSSR count). The van der Waals surface area contributed by atoms with Crippen molar-refractivity contribution >= 4 is 11.0 Å². The van der Waals surface area contributed by atoms with Crippen LogP contribution in [0, 0.1) is 17.2 Å². The summed E-state index contributed by atoms with van der Waals surface area (Å²) in [6, 6.07) is 15.1. The number of pyridine rings is 1. The highest BCUT2D eigenvalue weighted by Crippen LogP contribution is 2.27. The van der Waals surface area contributed by atoms with Gasteiger partial charge in [-0.3, -0.25) is 4.90 Å². The van der Waals surface area contributed by atoms with Crippen LogP contribution in [0.1, 0.15) is 5.56 Å². The highest BCUT2D eigenvalue weighted by molar-refractivity contribution is 5.92. The van der Waals surface area contributed by atoms with Gasteiger partial charge in [-0.1, -0.05) is 24.3 Å². The van der Waals surface area contributed by atoms with E-state index in [9.17, 15) is 0 Å². The first-order chi connectivity index (χ1) is 10.8. The molecule has 0 amide bonds. The van der Waals surface area contributed by atoms with Crippen molar-refractivity contribution < 1.29 is 0 Å². The Morgan fingerprint density at radius 1 is 1.18 bits per heavy atom. The Balaban J connectivity index is 1.55. The van der Waals surface area contributed by atoms with Gasteiger partial charge in [-0.05, 0) is 28.8 Å². The Hall–Kier alpha value is -2.64. The van der Waals surface area contributed by atoms with Gasteiger partial charge in [0.1, 0.15) is 5.65 Å². The van der Waals surface area contributed by atoms with Crippen LogP contribution < -0.4 is 0 Å². The average Bonchev–Trinajstić information content (AvgIpc) is 2.99. The first kappa shape index (κ1) is 13.1. The molecule has 3 aromatic rings. The molecule has 0 aliphatic carbocycles. The van der Waals surface area contributed by atoms with E-state index < -0.39 is 0 Å². The summed E-state index contributed by atoms with van der Waals surface area (Å²) in [5.74, 6) is 0.220. The molecule has 3 heterocycles. The van der Waals surface area contributed by atoms with E-state index in [0.29, 0.717) is 0 Å². The van der Waals surface area contributed by atoms with E-state index in [4.69, 9.17) is 5.26 Å². The van der Waals surface area contributed by atoms with Crippen LogP contribution in [-0.2, 0) is 6.54 Å². The maximum Gasteiger partial charge on any atom is 0.137 e. The van der Waals surface area contributed by atoms with Crippen LogP contribution in [-0.4, -0.2) is 28.0 Å². The van der Waals surface area contributed by atoms with Crippen molar-refractivity contribution in [1.82, 2.24) is 14.9 Å². The van der Waals surface area contributed by atoms with Gasteiger partial charge in [0, 0.05) is 37.4 Å². The van der Waals surface area contributed by atoms with Crippen LogP contribution in [0.3, 0.4) is 0 Å². The molecule has 4 nitrogen and oxygen atoms in total. The Morgan fingerprint density at radius 3 is 2.77 bits per heavy atom. The molecule has 1 aliphatic rings. The molecular formula is C18H16N4. The summed E-state index contributed by atoms with van der Waals surface area (Å²) in [5, 5.41) is 9.96. The van der Waals surface area contributed by atoms with Gasteiger partial charge in [0.05, 0.1) is 12.0 Å². The first-order valence-corrected chi connectivity index (χ1v) is 7.47. The number of rotatable bonds is 3. The number of H-pyrrole nitrogens is 1. The highest BCUT2D eigenvalue weighted by Gasteiger charge is 2.25. The Kier molecular flexibility index (Phi) is 3.14. The Labute approximate surface area is 129 Å². The third kappa shape index (κ3) is 2.26. The molecule has 1 saturated heterocycles. The Bertz CT molecular complexity index is 835. The molecule has 0 unspecified atom stereocenters. The molecule has 22 heavy (non-hydrogen) atoms. The lowest BCUT2D eigenvalue weighted by Gasteiger charge is -2.35. The van der Waals surface area contributed by atoms with E-state index in [1.807, 2.05) is 12.4 Å². The second-order valence-corrected chi connectivity index (χ2v) is 5.82. The summed E-state index contributed by atoms with van der Waals surface area (Å²) in [6.07, 6.45) is 3.76. The van der Waals surface area contributed by atoms with Crippen molar-refractivity contribution in [3.63, 3.8) is 0 Å². The lowest BCUT2D eigenvalue weighted by atomic mass is 9.99. The SMILES string of the molecule is N#CC1CN(Cc2ccc(-c3ccnc4[nH]ccc34)cc2)C1. The highest BCUT2D eigenvalue weighted by atomic mass is 15.2. The smallest absolute Gasteiger partial charge is 0.137 e. The van der Waals surface area contributed by atoms with Gasteiger partial charge >= 0.3 is 0 Å². The lowest BCUT2D eigenvalue weighted by molar-refractivity contribution is 0.127. The predicted molar refractivity (Wildman–Crippen MR) is 85.9 cm³/mol. The van der Waals surface area contributed by atoms with Crippen LogP contribution in [0.4, 0.5) is 0 Å². The number of hydrogen-bond acceptors (Lipinski definition) is 3. The topological polar surface area (TPSA) is 55.7 Å². The normalized spacial score (nSPS) is 15.6. The number of aromatic amines is 1. The summed E-state index contributed by atoms with van der Waals surface area (Å²) >= 11 is 0. The Morgan fingerprint density at radius 2 is 2.00 bits per heavy atom. The molecule has 0 spiro atoms. The summed E-state index contributed by atoms with van der Waals surface area (Å²) in [4.78, 5) is 9.78. The van der Waals surface area contributed by atoms with Crippen LogP contribution in [0.5, 0.6) is 0 Å². The molecule has 0 saturated carbocycles. The number of likely N-dealkylation sites (tertiary alicyclic amines) is 1. The molecular weight excluding hydrogens is 272 g/mol. The van der Waals surface area contributed by atoms with Crippen LogP contribution in [0.2, 0.25) is 0 Å². The zero-order valence-corrected chi connectivity index (χ0v) is 12.2. The van der Waals surface area contributed by atoms with Gasteiger partial charge in [-0.25, -0.2) is 4.98 Å². The zero-order chi connectivity index (χ0) is 14.9. The minimum atomic E-state index is 0.220. The van der Waals surface area contributed by atoms with E-state index in [2.05, 4.69) is 57.3 Å². The number of nitrogens with zero attached hydrogens (tertiary/aromatic N) is 3. The molecule has 108 valence electrons. The largest absolute Gasteiger partial charge is 0.346 e. The van der Waals surface area contributed by atoms with Gasteiger partial charge < -0.3 is 4.98 Å². The quantitative estimate of drug-likeness (QED) is 0.805. The van der Waals surface area contributed by atoms with E-state index in [1.54, 1.807) is 0 Å². The number of benzene rings is 1. The van der Waals surface area contributed by atoms with E-state index in [0.717, 1.165) is 30.7 Å². The fourth-order valence-corrected chi connectivity index (χ4v) is 3.04. The standard InChI is InChI=1S/C18H16N4/c19-9-14-11-22(12-14)10-13-1-3-15(4-2-13)16-5-7-20-18-17(16)6-8-21-18/h1-8,14H,10-12H2,(H,20,21). The number of aromatic nitrogens is 2. The molecule has 0 atom stereocenters. The second kappa shape index (κ2) is 5.28. The number of nitrogens with one attached hydrogen (secondary N) is 1. The molecule has 1 N–H and O–H groups in total. The minimum absolute atomic E-state index is 0.220. The van der Waals surface area contributed by atoms with Gasteiger partial charge in [0.25, 0.3) is 0 Å². The summed E-state index contributed by atoms with van der Waals surface area (Å²) in [7, 11) is 0. The van der Waals surface area contributed by atoms with Crippen molar-refractivity contribution in [3.05, 3.63) is 54.4 Å². The number of hydrogen-bond donors (Lipinski definition) is 1. The second-order valence-electron chi connectivity index (χ2n) is 5.82. The zero-order valence-electron chi connectivity index (χ0n) is 12.2. The third-order valence-corrected chi connectivity index (χ3v) is 4.27. The van der Waals surface area contributed by atoms with Gasteiger partial charge in [-0.15, -0.1) is 0 Å². The maximum atomic E-state index is 8.82. The van der Waals surface area contributed by atoms with E-state index >= 15 is 0 Å². The average molecular weight is 288 g/mol. The van der Waals surface area contributed by atoms with Gasteiger partial charge in [0.2, 0.25) is 0 Å². The maximum absolute atomic E-state index is 8.82. The molecule has 0 bridgehead atoms. The predicted octanol–water partition coefficient (Wildman–Crippen LogP) is 3.19. The van der Waals surface area contributed by atoms with Crippen LogP contribution >= 0.6 is 0 Å². The van der Waals surface area contributed by atoms with Crippen LogP contribution in [0.25, 0.3) is 22.2 Å².